The number of hydrogen-bond acceptors (Lipinski definition) is 2. The van der Waals surface area contributed by atoms with Crippen molar-refractivity contribution in [3.63, 3.8) is 0 Å². The van der Waals surface area contributed by atoms with Crippen LogP contribution in [0.5, 0.6) is 5.75 Å². The lowest BCUT2D eigenvalue weighted by Crippen LogP contribution is -1.98. The largest absolute Gasteiger partial charge is 0.489 e. The first-order valence-electron chi connectivity index (χ1n) is 6.22. The van der Waals surface area contributed by atoms with E-state index in [0.29, 0.717) is 6.61 Å². The van der Waals surface area contributed by atoms with E-state index in [4.69, 9.17) is 4.74 Å². The summed E-state index contributed by atoms with van der Waals surface area (Å²) in [6.45, 7) is 4.29. The molecule has 3 heteroatoms. The Bertz CT molecular complexity index is 547. The maximum Gasteiger partial charge on any atom is 0.122 e. The van der Waals surface area contributed by atoms with Gasteiger partial charge in [0.15, 0.2) is 0 Å². The summed E-state index contributed by atoms with van der Waals surface area (Å²) in [6, 6.07) is 13.8. The van der Waals surface area contributed by atoms with Gasteiger partial charge in [-0.05, 0) is 54.8 Å². The molecule has 0 saturated carbocycles. The summed E-state index contributed by atoms with van der Waals surface area (Å²) in [7, 11) is 0. The summed E-state index contributed by atoms with van der Waals surface area (Å²) in [5.74, 6) is 0.854. The van der Waals surface area contributed by atoms with Crippen LogP contribution in [-0.4, -0.2) is 5.11 Å². The van der Waals surface area contributed by atoms with Crippen LogP contribution in [0.3, 0.4) is 0 Å². The maximum absolute atomic E-state index is 9.53. The van der Waals surface area contributed by atoms with Crippen molar-refractivity contribution in [2.45, 2.75) is 26.6 Å². The molecule has 0 aliphatic rings. The van der Waals surface area contributed by atoms with E-state index in [1.165, 1.54) is 0 Å². The Morgan fingerprint density at radius 2 is 1.84 bits per heavy atom. The van der Waals surface area contributed by atoms with Gasteiger partial charge in [-0.15, -0.1) is 0 Å². The lowest BCUT2D eigenvalue weighted by molar-refractivity contribution is 0.199. The van der Waals surface area contributed by atoms with Crippen LogP contribution in [0.25, 0.3) is 0 Å². The Morgan fingerprint density at radius 3 is 2.42 bits per heavy atom. The van der Waals surface area contributed by atoms with E-state index in [0.717, 1.165) is 26.9 Å². The minimum absolute atomic E-state index is 0.445. The maximum atomic E-state index is 9.53. The molecule has 19 heavy (non-hydrogen) atoms. The van der Waals surface area contributed by atoms with Gasteiger partial charge in [0.05, 0.1) is 6.10 Å². The average molecular weight is 321 g/mol. The highest BCUT2D eigenvalue weighted by atomic mass is 79.9. The van der Waals surface area contributed by atoms with Crippen molar-refractivity contribution in [2.24, 2.45) is 0 Å². The molecular formula is C16H17BrO2. The Morgan fingerprint density at radius 1 is 1.16 bits per heavy atom. The second kappa shape index (κ2) is 6.22. The number of halogens is 1. The summed E-state index contributed by atoms with van der Waals surface area (Å²) in [6.07, 6.45) is -0.445. The van der Waals surface area contributed by atoms with Crippen LogP contribution in [0.15, 0.2) is 46.9 Å². The SMILES string of the molecule is Cc1cc(C(C)O)ccc1OCc1ccc(Br)cc1. The zero-order chi connectivity index (χ0) is 13.8. The van der Waals surface area contributed by atoms with Gasteiger partial charge in [-0.3, -0.25) is 0 Å². The van der Waals surface area contributed by atoms with Crippen LogP contribution in [0.2, 0.25) is 0 Å². The van der Waals surface area contributed by atoms with Gasteiger partial charge in [0.1, 0.15) is 12.4 Å². The van der Waals surface area contributed by atoms with Crippen molar-refractivity contribution in [1.29, 1.82) is 0 Å². The Kier molecular flexibility index (Phi) is 4.61. The van der Waals surface area contributed by atoms with Crippen LogP contribution >= 0.6 is 15.9 Å². The van der Waals surface area contributed by atoms with Gasteiger partial charge in [-0.1, -0.05) is 34.1 Å². The van der Waals surface area contributed by atoms with E-state index >= 15 is 0 Å². The predicted octanol–water partition coefficient (Wildman–Crippen LogP) is 4.39. The molecule has 0 spiro atoms. The summed E-state index contributed by atoms with van der Waals surface area (Å²) >= 11 is 3.41. The quantitative estimate of drug-likeness (QED) is 0.905. The zero-order valence-corrected chi connectivity index (χ0v) is 12.6. The zero-order valence-electron chi connectivity index (χ0n) is 11.1. The Balaban J connectivity index is 2.05. The first kappa shape index (κ1) is 14.1. The van der Waals surface area contributed by atoms with Gasteiger partial charge in [-0.2, -0.15) is 0 Å². The molecule has 2 nitrogen and oxygen atoms in total. The second-order valence-corrected chi connectivity index (χ2v) is 5.53. The highest BCUT2D eigenvalue weighted by Gasteiger charge is 2.05. The van der Waals surface area contributed by atoms with Crippen molar-refractivity contribution in [3.05, 3.63) is 63.6 Å². The molecular weight excluding hydrogens is 304 g/mol. The molecule has 2 rings (SSSR count). The molecule has 0 aromatic heterocycles. The van der Waals surface area contributed by atoms with Crippen LogP contribution in [0, 0.1) is 6.92 Å². The van der Waals surface area contributed by atoms with Crippen molar-refractivity contribution < 1.29 is 9.84 Å². The molecule has 0 heterocycles. The minimum atomic E-state index is -0.445. The van der Waals surface area contributed by atoms with E-state index in [9.17, 15) is 5.11 Å². The van der Waals surface area contributed by atoms with Crippen LogP contribution < -0.4 is 4.74 Å². The van der Waals surface area contributed by atoms with Crippen LogP contribution in [-0.2, 0) is 6.61 Å². The fourth-order valence-corrected chi connectivity index (χ4v) is 2.10. The predicted molar refractivity (Wildman–Crippen MR) is 80.3 cm³/mol. The number of rotatable bonds is 4. The molecule has 2 aromatic rings. The normalized spacial score (nSPS) is 12.2. The Labute approximate surface area is 122 Å². The standard InChI is InChI=1S/C16H17BrO2/c1-11-9-14(12(2)18)5-8-16(11)19-10-13-3-6-15(17)7-4-13/h3-9,12,18H,10H2,1-2H3. The van der Waals surface area contributed by atoms with Gasteiger partial charge in [0.25, 0.3) is 0 Å². The third-order valence-electron chi connectivity index (χ3n) is 2.99. The average Bonchev–Trinajstić information content (AvgIpc) is 2.39. The van der Waals surface area contributed by atoms with E-state index in [1.807, 2.05) is 49.4 Å². The third-order valence-corrected chi connectivity index (χ3v) is 3.52. The molecule has 0 aliphatic heterocycles. The summed E-state index contributed by atoms with van der Waals surface area (Å²) in [5.41, 5.74) is 3.08. The van der Waals surface area contributed by atoms with E-state index < -0.39 is 6.10 Å². The fourth-order valence-electron chi connectivity index (χ4n) is 1.84. The number of aliphatic hydroxyl groups is 1. The first-order chi connectivity index (χ1) is 9.06. The number of hydrogen-bond donors (Lipinski definition) is 1. The summed E-state index contributed by atoms with van der Waals surface area (Å²) < 4.78 is 6.86. The number of aryl methyl sites for hydroxylation is 1. The molecule has 100 valence electrons. The molecule has 0 saturated heterocycles. The third kappa shape index (κ3) is 3.82. The molecule has 0 amide bonds. The van der Waals surface area contributed by atoms with Crippen molar-refractivity contribution in [1.82, 2.24) is 0 Å². The number of aliphatic hydroxyl groups excluding tert-OH is 1. The topological polar surface area (TPSA) is 29.5 Å². The lowest BCUT2D eigenvalue weighted by atomic mass is 10.1. The van der Waals surface area contributed by atoms with Crippen LogP contribution in [0.4, 0.5) is 0 Å². The van der Waals surface area contributed by atoms with Gasteiger partial charge >= 0.3 is 0 Å². The molecule has 1 N–H and O–H groups in total. The lowest BCUT2D eigenvalue weighted by Gasteiger charge is -2.12. The van der Waals surface area contributed by atoms with Crippen molar-refractivity contribution in [2.75, 3.05) is 0 Å². The van der Waals surface area contributed by atoms with E-state index in [2.05, 4.69) is 15.9 Å². The molecule has 2 aromatic carbocycles. The van der Waals surface area contributed by atoms with Crippen LogP contribution in [0.1, 0.15) is 29.7 Å². The van der Waals surface area contributed by atoms with Gasteiger partial charge in [0, 0.05) is 4.47 Å². The van der Waals surface area contributed by atoms with Crippen molar-refractivity contribution >= 4 is 15.9 Å². The Hall–Kier alpha value is -1.32. The number of benzene rings is 2. The molecule has 0 fully saturated rings. The smallest absolute Gasteiger partial charge is 0.122 e. The fraction of sp³-hybridized carbons (Fsp3) is 0.250. The number of ether oxygens (including phenoxy) is 1. The summed E-state index contributed by atoms with van der Waals surface area (Å²) in [5, 5.41) is 9.53. The molecule has 1 atom stereocenters. The van der Waals surface area contributed by atoms with Gasteiger partial charge < -0.3 is 9.84 Å². The van der Waals surface area contributed by atoms with Crippen molar-refractivity contribution in [3.8, 4) is 5.75 Å². The summed E-state index contributed by atoms with van der Waals surface area (Å²) in [4.78, 5) is 0. The monoisotopic (exact) mass is 320 g/mol. The molecule has 1 unspecified atom stereocenters. The molecule has 0 aliphatic carbocycles. The van der Waals surface area contributed by atoms with Gasteiger partial charge in [0.2, 0.25) is 0 Å². The second-order valence-electron chi connectivity index (χ2n) is 4.62. The van der Waals surface area contributed by atoms with Gasteiger partial charge in [-0.25, -0.2) is 0 Å². The highest BCUT2D eigenvalue weighted by molar-refractivity contribution is 9.10. The minimum Gasteiger partial charge on any atom is -0.489 e. The first-order valence-corrected chi connectivity index (χ1v) is 7.01. The molecule has 0 radical (unpaired) electrons. The highest BCUT2D eigenvalue weighted by Crippen LogP contribution is 2.23. The molecule has 0 bridgehead atoms. The van der Waals surface area contributed by atoms with E-state index in [-0.39, 0.29) is 0 Å². The van der Waals surface area contributed by atoms with E-state index in [1.54, 1.807) is 6.92 Å².